The summed E-state index contributed by atoms with van der Waals surface area (Å²) in [5.41, 5.74) is 4.15. The third kappa shape index (κ3) is 0.867. The van der Waals surface area contributed by atoms with Crippen molar-refractivity contribution in [2.45, 2.75) is 43.8 Å². The molecule has 2 bridgehead atoms. The van der Waals surface area contributed by atoms with Gasteiger partial charge in [-0.15, -0.1) is 0 Å². The Morgan fingerprint density at radius 3 is 2.20 bits per heavy atom. The van der Waals surface area contributed by atoms with Gasteiger partial charge in [-0.2, -0.15) is 0 Å². The molecule has 0 radical (unpaired) electrons. The predicted molar refractivity (Wildman–Crippen MR) is 40.5 cm³/mol. The smallest absolute Gasteiger partial charge is 0.0873 e. The maximum Gasteiger partial charge on any atom is 0.0873 e. The summed E-state index contributed by atoms with van der Waals surface area (Å²) in [6.07, 6.45) is 5.53. The van der Waals surface area contributed by atoms with Crippen LogP contribution in [0.25, 0.3) is 0 Å². The highest BCUT2D eigenvalue weighted by atomic mass is 15.2. The average Bonchev–Trinajstić information content (AvgIpc) is 2.20. The summed E-state index contributed by atoms with van der Waals surface area (Å²) in [5.74, 6) is 0. The largest absolute Gasteiger partial charge is 0.355 e. The fourth-order valence-corrected chi connectivity index (χ4v) is 2.52. The molecule has 0 saturated carbocycles. The van der Waals surface area contributed by atoms with Crippen LogP contribution in [0.4, 0.5) is 0 Å². The maximum atomic E-state index is 4.15. The summed E-state index contributed by atoms with van der Waals surface area (Å²) in [5, 5.41) is 0. The highest BCUT2D eigenvalue weighted by Gasteiger charge is 2.38. The summed E-state index contributed by atoms with van der Waals surface area (Å²) in [7, 11) is 2.27. The molecule has 0 amide bonds. The Labute approximate surface area is 62.4 Å². The van der Waals surface area contributed by atoms with E-state index < -0.39 is 0 Å². The molecule has 10 heavy (non-hydrogen) atoms. The van der Waals surface area contributed by atoms with Crippen molar-refractivity contribution in [2.75, 3.05) is 7.05 Å². The van der Waals surface area contributed by atoms with Gasteiger partial charge in [-0.25, -0.2) is 0 Å². The summed E-state index contributed by atoms with van der Waals surface area (Å²) in [6.45, 7) is 0. The summed E-state index contributed by atoms with van der Waals surface area (Å²) >= 11 is 0. The van der Waals surface area contributed by atoms with Crippen LogP contribution in [0.1, 0.15) is 25.7 Å². The first-order valence-corrected chi connectivity index (χ1v) is 4.32. The van der Waals surface area contributed by atoms with Crippen LogP contribution in [0.3, 0.4) is 0 Å². The molecule has 2 nitrogen and oxygen atoms in total. The molecule has 2 aliphatic rings. The van der Waals surface area contributed by atoms with Gasteiger partial charge in [-0.3, -0.25) is 4.90 Å². The second-order valence-electron chi connectivity index (χ2n) is 3.89. The van der Waals surface area contributed by atoms with Crippen molar-refractivity contribution in [3.05, 3.63) is 0 Å². The fraction of sp³-hybridized carbons (Fsp3) is 1.00. The van der Waals surface area contributed by atoms with Gasteiger partial charge in [0, 0.05) is 24.9 Å². The molecule has 2 atom stereocenters. The molecule has 2 aliphatic heterocycles. The quantitative estimate of drug-likeness (QED) is 0.500. The Bertz CT molecular complexity index is 121. The van der Waals surface area contributed by atoms with E-state index in [1.165, 1.54) is 25.7 Å². The van der Waals surface area contributed by atoms with Crippen molar-refractivity contribution in [1.29, 1.82) is 0 Å². The first-order chi connectivity index (χ1) is 4.77. The number of piperidine rings is 1. The van der Waals surface area contributed by atoms with Crippen LogP contribution in [0.5, 0.6) is 0 Å². The topological polar surface area (TPSA) is 30.9 Å². The van der Waals surface area contributed by atoms with Crippen LogP contribution in [0.15, 0.2) is 0 Å². The summed E-state index contributed by atoms with van der Waals surface area (Å²) in [4.78, 5) is 2.56. The molecule has 3 N–H and O–H groups in total. The van der Waals surface area contributed by atoms with E-state index in [1.54, 1.807) is 0 Å². The molecular weight excluding hydrogens is 124 g/mol. The van der Waals surface area contributed by atoms with Gasteiger partial charge in [-0.1, -0.05) is 0 Å². The predicted octanol–water partition coefficient (Wildman–Crippen LogP) is -0.146. The molecule has 2 heterocycles. The molecule has 0 aliphatic carbocycles. The van der Waals surface area contributed by atoms with E-state index in [9.17, 15) is 0 Å². The Hall–Kier alpha value is -0.0800. The first kappa shape index (κ1) is 6.62. The van der Waals surface area contributed by atoms with Crippen molar-refractivity contribution < 1.29 is 5.73 Å². The molecular formula is C8H17N2+. The van der Waals surface area contributed by atoms with Gasteiger partial charge in [0.15, 0.2) is 0 Å². The van der Waals surface area contributed by atoms with E-state index in [2.05, 4.69) is 17.7 Å². The molecule has 0 aromatic carbocycles. The molecule has 2 rings (SSSR count). The highest BCUT2D eigenvalue weighted by molar-refractivity contribution is 4.92. The second kappa shape index (κ2) is 2.21. The Morgan fingerprint density at radius 1 is 1.20 bits per heavy atom. The van der Waals surface area contributed by atoms with Crippen LogP contribution in [0.2, 0.25) is 0 Å². The van der Waals surface area contributed by atoms with Crippen LogP contribution in [0, 0.1) is 0 Å². The van der Waals surface area contributed by atoms with Gasteiger partial charge in [-0.05, 0) is 19.9 Å². The van der Waals surface area contributed by atoms with E-state index in [1.807, 2.05) is 0 Å². The first-order valence-electron chi connectivity index (χ1n) is 4.32. The van der Waals surface area contributed by atoms with Crippen LogP contribution in [-0.2, 0) is 0 Å². The number of quaternary nitrogens is 1. The van der Waals surface area contributed by atoms with Crippen molar-refractivity contribution in [3.8, 4) is 0 Å². The number of fused-ring (bicyclic) bond motifs is 2. The van der Waals surface area contributed by atoms with Crippen LogP contribution in [-0.4, -0.2) is 30.1 Å². The minimum atomic E-state index is 0.744. The van der Waals surface area contributed by atoms with Crippen molar-refractivity contribution in [3.63, 3.8) is 0 Å². The van der Waals surface area contributed by atoms with Gasteiger partial charge in [0.25, 0.3) is 0 Å². The Kier molecular flexibility index (Phi) is 1.46. The van der Waals surface area contributed by atoms with Gasteiger partial charge >= 0.3 is 0 Å². The van der Waals surface area contributed by atoms with E-state index in [-0.39, 0.29) is 0 Å². The van der Waals surface area contributed by atoms with Crippen LogP contribution < -0.4 is 5.73 Å². The monoisotopic (exact) mass is 141 g/mol. The molecule has 0 spiro atoms. The van der Waals surface area contributed by atoms with Gasteiger partial charge < -0.3 is 5.73 Å². The molecule has 0 aromatic rings. The van der Waals surface area contributed by atoms with Crippen molar-refractivity contribution in [1.82, 2.24) is 4.90 Å². The number of rotatable bonds is 0. The zero-order chi connectivity index (χ0) is 7.14. The maximum absolute atomic E-state index is 4.15. The number of hydrogen-bond acceptors (Lipinski definition) is 1. The molecule has 2 heteroatoms. The average molecular weight is 141 g/mol. The lowest BCUT2D eigenvalue weighted by atomic mass is 9.99. The fourth-order valence-electron chi connectivity index (χ4n) is 2.52. The van der Waals surface area contributed by atoms with Crippen LogP contribution >= 0.6 is 0 Å². The minimum Gasteiger partial charge on any atom is -0.355 e. The van der Waals surface area contributed by atoms with E-state index >= 15 is 0 Å². The number of nitrogens with zero attached hydrogens (tertiary/aromatic N) is 1. The van der Waals surface area contributed by atoms with E-state index in [0.717, 1.165) is 18.1 Å². The van der Waals surface area contributed by atoms with Crippen molar-refractivity contribution in [2.24, 2.45) is 0 Å². The molecule has 2 fully saturated rings. The molecule has 2 unspecified atom stereocenters. The minimum absolute atomic E-state index is 0.744. The van der Waals surface area contributed by atoms with E-state index in [4.69, 9.17) is 0 Å². The highest BCUT2D eigenvalue weighted by Crippen LogP contribution is 2.32. The summed E-state index contributed by atoms with van der Waals surface area (Å²) < 4.78 is 0. The summed E-state index contributed by atoms with van der Waals surface area (Å²) in [6, 6.07) is 2.50. The zero-order valence-electron chi connectivity index (χ0n) is 6.71. The normalized spacial score (nSPS) is 48.0. The zero-order valence-corrected chi connectivity index (χ0v) is 6.71. The van der Waals surface area contributed by atoms with Gasteiger partial charge in [0.2, 0.25) is 0 Å². The standard InChI is InChI=1S/C8H16N2/c1-10-7-2-3-8(10)5-6(9)4-7/h6-8H,2-5,9H2,1H3/p+1. The third-order valence-electron chi connectivity index (χ3n) is 3.20. The van der Waals surface area contributed by atoms with Crippen molar-refractivity contribution >= 4 is 0 Å². The Morgan fingerprint density at radius 2 is 1.70 bits per heavy atom. The molecule has 2 saturated heterocycles. The van der Waals surface area contributed by atoms with E-state index in [0.29, 0.717) is 0 Å². The second-order valence-corrected chi connectivity index (χ2v) is 3.89. The lowest BCUT2D eigenvalue weighted by Crippen LogP contribution is -2.66. The molecule has 58 valence electrons. The number of hydrogen-bond donors (Lipinski definition) is 1. The molecule has 0 aromatic heterocycles. The SMILES string of the molecule is CN1C2CCC1CC([NH3+])C2. The lowest BCUT2D eigenvalue weighted by molar-refractivity contribution is -0.429. The lowest BCUT2D eigenvalue weighted by Gasteiger charge is -2.32. The Balaban J connectivity index is 2.09. The van der Waals surface area contributed by atoms with Gasteiger partial charge in [0.1, 0.15) is 0 Å². The third-order valence-corrected chi connectivity index (χ3v) is 3.20. The van der Waals surface area contributed by atoms with Gasteiger partial charge in [0.05, 0.1) is 6.04 Å².